The van der Waals surface area contributed by atoms with Gasteiger partial charge in [0.15, 0.2) is 6.10 Å². The van der Waals surface area contributed by atoms with Crippen molar-refractivity contribution in [1.29, 1.82) is 0 Å². The van der Waals surface area contributed by atoms with Crippen molar-refractivity contribution >= 4 is 17.9 Å². The van der Waals surface area contributed by atoms with Gasteiger partial charge >= 0.3 is 17.9 Å². The van der Waals surface area contributed by atoms with Gasteiger partial charge in [-0.25, -0.2) is 0 Å². The van der Waals surface area contributed by atoms with Crippen LogP contribution in [0.2, 0.25) is 0 Å². The number of hydrogen-bond donors (Lipinski definition) is 0. The lowest BCUT2D eigenvalue weighted by Gasteiger charge is -2.18. The number of carbonyl (C=O) groups excluding carboxylic acids is 3. The summed E-state index contributed by atoms with van der Waals surface area (Å²) in [5.74, 6) is -0.854. The maximum Gasteiger partial charge on any atom is 0.306 e. The fraction of sp³-hybridized carbons (Fsp3) is 0.892. The largest absolute Gasteiger partial charge is 0.462 e. The topological polar surface area (TPSA) is 78.9 Å². The van der Waals surface area contributed by atoms with Crippen LogP contribution in [0.4, 0.5) is 0 Å². The molecule has 0 N–H and O–H groups in total. The van der Waals surface area contributed by atoms with Gasteiger partial charge in [-0.1, -0.05) is 289 Å². The summed E-state index contributed by atoms with van der Waals surface area (Å²) in [6.07, 6.45) is 71.8. The van der Waals surface area contributed by atoms with Gasteiger partial charge in [0.2, 0.25) is 0 Å². The first kappa shape index (κ1) is 68.9. The SMILES string of the molecule is CCCCCC/C=C\CCCCCCCC(=O)OCC(COC(=O)CCCCCCCCCCCCC/C=C\CCCCCCCCCC)OC(=O)CCCCCCCCCCCCCCCCCCC. The van der Waals surface area contributed by atoms with E-state index >= 15 is 0 Å². The zero-order chi connectivity index (χ0) is 51.4. The van der Waals surface area contributed by atoms with Gasteiger partial charge in [-0.3, -0.25) is 14.4 Å². The van der Waals surface area contributed by atoms with E-state index in [-0.39, 0.29) is 31.1 Å². The third kappa shape index (κ3) is 58.7. The first-order chi connectivity index (χ1) is 35.0. The lowest BCUT2D eigenvalue weighted by Crippen LogP contribution is -2.30. The summed E-state index contributed by atoms with van der Waals surface area (Å²) in [5.41, 5.74) is 0. The maximum absolute atomic E-state index is 12.9. The number of allylic oxidation sites excluding steroid dienone is 4. The van der Waals surface area contributed by atoms with E-state index in [0.29, 0.717) is 19.3 Å². The molecule has 0 aliphatic carbocycles. The van der Waals surface area contributed by atoms with Crippen molar-refractivity contribution in [3.05, 3.63) is 24.3 Å². The van der Waals surface area contributed by atoms with Crippen LogP contribution in [-0.2, 0) is 28.6 Å². The Morgan fingerprint density at radius 3 is 0.718 bits per heavy atom. The standard InChI is InChI=1S/C65H122O6/c1-4-7-10-13-16-19-22-25-27-29-30-31-32-33-34-36-37-40-43-46-49-52-55-58-64(67)70-61-62(60-69-63(66)57-54-51-48-45-42-39-24-21-18-15-12-9-6-3)71-65(68)59-56-53-50-47-44-41-38-35-28-26-23-20-17-14-11-8-5-2/h21,24,29-30,62H,4-20,22-23,25-28,31-61H2,1-3H3/b24-21-,30-29-. The van der Waals surface area contributed by atoms with Crippen molar-refractivity contribution in [2.75, 3.05) is 13.2 Å². The van der Waals surface area contributed by atoms with Gasteiger partial charge in [0.05, 0.1) is 0 Å². The molecule has 0 aliphatic heterocycles. The Hall–Kier alpha value is -2.11. The van der Waals surface area contributed by atoms with Gasteiger partial charge in [-0.2, -0.15) is 0 Å². The molecule has 6 heteroatoms. The molecule has 0 radical (unpaired) electrons. The summed E-state index contributed by atoms with van der Waals surface area (Å²) in [7, 11) is 0. The summed E-state index contributed by atoms with van der Waals surface area (Å²) < 4.78 is 16.9. The van der Waals surface area contributed by atoms with E-state index in [1.807, 2.05) is 0 Å². The average molecular weight is 1000 g/mol. The van der Waals surface area contributed by atoms with Crippen LogP contribution in [0.25, 0.3) is 0 Å². The Morgan fingerprint density at radius 1 is 0.268 bits per heavy atom. The zero-order valence-electron chi connectivity index (χ0n) is 48.0. The third-order valence-corrected chi connectivity index (χ3v) is 14.4. The van der Waals surface area contributed by atoms with E-state index in [1.165, 1.54) is 250 Å². The van der Waals surface area contributed by atoms with Crippen LogP contribution in [0.3, 0.4) is 0 Å². The molecule has 0 amide bonds. The highest BCUT2D eigenvalue weighted by Gasteiger charge is 2.19. The molecule has 0 aromatic heterocycles. The fourth-order valence-electron chi connectivity index (χ4n) is 9.61. The quantitative estimate of drug-likeness (QED) is 0.0261. The average Bonchev–Trinajstić information content (AvgIpc) is 3.37. The molecular weight excluding hydrogens is 877 g/mol. The lowest BCUT2D eigenvalue weighted by atomic mass is 10.0. The van der Waals surface area contributed by atoms with Crippen LogP contribution in [0, 0.1) is 0 Å². The molecule has 71 heavy (non-hydrogen) atoms. The van der Waals surface area contributed by atoms with Crippen molar-refractivity contribution in [1.82, 2.24) is 0 Å². The molecule has 6 nitrogen and oxygen atoms in total. The Labute approximate surface area is 443 Å². The molecule has 0 bridgehead atoms. The van der Waals surface area contributed by atoms with Crippen molar-refractivity contribution in [3.8, 4) is 0 Å². The number of hydrogen-bond acceptors (Lipinski definition) is 6. The molecule has 1 unspecified atom stereocenters. The molecule has 0 saturated carbocycles. The fourth-order valence-corrected chi connectivity index (χ4v) is 9.61. The van der Waals surface area contributed by atoms with Crippen LogP contribution in [0.1, 0.15) is 355 Å². The number of esters is 3. The van der Waals surface area contributed by atoms with E-state index in [9.17, 15) is 14.4 Å². The normalized spacial score (nSPS) is 12.1. The van der Waals surface area contributed by atoms with E-state index in [0.717, 1.165) is 64.2 Å². The van der Waals surface area contributed by atoms with E-state index < -0.39 is 6.10 Å². The number of rotatable bonds is 59. The van der Waals surface area contributed by atoms with E-state index in [2.05, 4.69) is 45.1 Å². The first-order valence-electron chi connectivity index (χ1n) is 31.8. The molecule has 0 saturated heterocycles. The van der Waals surface area contributed by atoms with Crippen molar-refractivity contribution in [2.45, 2.75) is 361 Å². The molecular formula is C65H122O6. The van der Waals surface area contributed by atoms with Crippen molar-refractivity contribution < 1.29 is 28.6 Å². The summed E-state index contributed by atoms with van der Waals surface area (Å²) in [4.78, 5) is 38.2. The molecule has 0 fully saturated rings. The Balaban J connectivity index is 4.26. The molecule has 0 rings (SSSR count). The highest BCUT2D eigenvalue weighted by atomic mass is 16.6. The van der Waals surface area contributed by atoms with Crippen LogP contribution in [-0.4, -0.2) is 37.2 Å². The van der Waals surface area contributed by atoms with Gasteiger partial charge < -0.3 is 14.2 Å². The molecule has 0 aliphatic rings. The monoisotopic (exact) mass is 999 g/mol. The van der Waals surface area contributed by atoms with Gasteiger partial charge in [0.25, 0.3) is 0 Å². The highest BCUT2D eigenvalue weighted by molar-refractivity contribution is 5.71. The zero-order valence-corrected chi connectivity index (χ0v) is 48.0. The first-order valence-corrected chi connectivity index (χ1v) is 31.8. The highest BCUT2D eigenvalue weighted by Crippen LogP contribution is 2.17. The molecule has 0 aromatic rings. The third-order valence-electron chi connectivity index (χ3n) is 14.4. The van der Waals surface area contributed by atoms with Crippen LogP contribution in [0.5, 0.6) is 0 Å². The molecule has 418 valence electrons. The van der Waals surface area contributed by atoms with E-state index in [1.54, 1.807) is 0 Å². The Bertz CT molecular complexity index is 1150. The minimum Gasteiger partial charge on any atom is -0.462 e. The Kier molecular flexibility index (Phi) is 58.6. The predicted molar refractivity (Wildman–Crippen MR) is 307 cm³/mol. The van der Waals surface area contributed by atoms with Gasteiger partial charge in [-0.05, 0) is 70.6 Å². The lowest BCUT2D eigenvalue weighted by molar-refractivity contribution is -0.167. The minimum absolute atomic E-state index is 0.0693. The number of unbranched alkanes of at least 4 members (excludes halogenated alkanes) is 44. The number of carbonyl (C=O) groups is 3. The van der Waals surface area contributed by atoms with Crippen LogP contribution in [0.15, 0.2) is 24.3 Å². The molecule has 0 spiro atoms. The van der Waals surface area contributed by atoms with Crippen molar-refractivity contribution in [3.63, 3.8) is 0 Å². The van der Waals surface area contributed by atoms with Gasteiger partial charge in [0, 0.05) is 19.3 Å². The number of ether oxygens (including phenoxy) is 3. The smallest absolute Gasteiger partial charge is 0.306 e. The van der Waals surface area contributed by atoms with Gasteiger partial charge in [-0.15, -0.1) is 0 Å². The minimum atomic E-state index is -0.771. The van der Waals surface area contributed by atoms with Crippen LogP contribution < -0.4 is 0 Å². The maximum atomic E-state index is 12.9. The van der Waals surface area contributed by atoms with E-state index in [4.69, 9.17) is 14.2 Å². The second-order valence-corrected chi connectivity index (χ2v) is 21.7. The Morgan fingerprint density at radius 2 is 0.465 bits per heavy atom. The summed E-state index contributed by atoms with van der Waals surface area (Å²) in [5, 5.41) is 0. The predicted octanol–water partition coefficient (Wildman–Crippen LogP) is 21.4. The van der Waals surface area contributed by atoms with Gasteiger partial charge in [0.1, 0.15) is 13.2 Å². The van der Waals surface area contributed by atoms with Crippen molar-refractivity contribution in [2.24, 2.45) is 0 Å². The summed E-state index contributed by atoms with van der Waals surface area (Å²) >= 11 is 0. The van der Waals surface area contributed by atoms with Crippen LogP contribution >= 0.6 is 0 Å². The summed E-state index contributed by atoms with van der Waals surface area (Å²) in [6, 6.07) is 0. The second kappa shape index (κ2) is 60.4. The summed E-state index contributed by atoms with van der Waals surface area (Å²) in [6.45, 7) is 6.68. The molecule has 0 heterocycles. The second-order valence-electron chi connectivity index (χ2n) is 21.7. The molecule has 0 aromatic carbocycles. The molecule has 1 atom stereocenters.